The average molecular weight is 444 g/mol. The van der Waals surface area contributed by atoms with E-state index in [0.29, 0.717) is 17.9 Å². The molecular weight excluding hydrogens is 414 g/mol. The van der Waals surface area contributed by atoms with E-state index in [2.05, 4.69) is 25.8 Å². The standard InChI is InChI=1S/C24H29NO5S/c1-14-15(2)22(29-5)19(16(3)21(14)28-4)7-6-12-30-18-10-8-17(9-11-18)13-20-23(26)25-24(27)31-20/h8-11,26H,6-7,12-13H2,1-5H3,(H,25,27). The third-order valence-electron chi connectivity index (χ3n) is 5.55. The van der Waals surface area contributed by atoms with Crippen LogP contribution in [0.3, 0.4) is 0 Å². The molecule has 0 spiro atoms. The second kappa shape index (κ2) is 9.92. The summed E-state index contributed by atoms with van der Waals surface area (Å²) in [6, 6.07) is 7.71. The van der Waals surface area contributed by atoms with Gasteiger partial charge >= 0.3 is 4.87 Å². The Morgan fingerprint density at radius 1 is 0.968 bits per heavy atom. The molecule has 0 aliphatic carbocycles. The molecule has 0 amide bonds. The first-order chi connectivity index (χ1) is 14.8. The number of hydrogen-bond acceptors (Lipinski definition) is 6. The Labute approximate surface area is 186 Å². The van der Waals surface area contributed by atoms with E-state index in [1.807, 2.05) is 24.3 Å². The van der Waals surface area contributed by atoms with Crippen LogP contribution in [-0.2, 0) is 12.8 Å². The molecule has 3 aromatic rings. The van der Waals surface area contributed by atoms with Crippen LogP contribution in [0.5, 0.6) is 23.1 Å². The molecule has 7 heteroatoms. The summed E-state index contributed by atoms with van der Waals surface area (Å²) in [7, 11) is 3.41. The zero-order valence-electron chi connectivity index (χ0n) is 18.6. The van der Waals surface area contributed by atoms with Gasteiger partial charge in [-0.2, -0.15) is 0 Å². The van der Waals surface area contributed by atoms with Crippen molar-refractivity contribution in [2.24, 2.45) is 0 Å². The molecule has 6 nitrogen and oxygen atoms in total. The lowest BCUT2D eigenvalue weighted by Crippen LogP contribution is -2.06. The zero-order valence-corrected chi connectivity index (χ0v) is 19.4. The number of methoxy groups -OCH3 is 2. The molecule has 3 rings (SSSR count). The molecule has 0 aliphatic heterocycles. The topological polar surface area (TPSA) is 80.8 Å². The van der Waals surface area contributed by atoms with Crippen molar-refractivity contribution in [2.45, 2.75) is 40.0 Å². The van der Waals surface area contributed by atoms with Crippen LogP contribution >= 0.6 is 11.3 Å². The van der Waals surface area contributed by atoms with Crippen LogP contribution < -0.4 is 19.1 Å². The van der Waals surface area contributed by atoms with Gasteiger partial charge in [0.1, 0.15) is 17.2 Å². The summed E-state index contributed by atoms with van der Waals surface area (Å²) in [5.74, 6) is 2.58. The molecule has 0 aliphatic rings. The molecule has 0 fully saturated rings. The fraction of sp³-hybridized carbons (Fsp3) is 0.375. The molecular formula is C24H29NO5S. The van der Waals surface area contributed by atoms with E-state index in [1.54, 1.807) is 14.2 Å². The summed E-state index contributed by atoms with van der Waals surface area (Å²) in [6.45, 7) is 6.76. The van der Waals surface area contributed by atoms with Crippen molar-refractivity contribution in [1.82, 2.24) is 4.98 Å². The summed E-state index contributed by atoms with van der Waals surface area (Å²) < 4.78 is 17.2. The normalized spacial score (nSPS) is 10.9. The Bertz CT molecular complexity index is 1100. The van der Waals surface area contributed by atoms with E-state index in [-0.39, 0.29) is 10.8 Å². The largest absolute Gasteiger partial charge is 0.496 e. The molecule has 31 heavy (non-hydrogen) atoms. The lowest BCUT2D eigenvalue weighted by molar-refractivity contribution is 0.309. The van der Waals surface area contributed by atoms with Gasteiger partial charge in [-0.15, -0.1) is 0 Å². The van der Waals surface area contributed by atoms with Crippen LogP contribution in [0.1, 0.15) is 39.1 Å². The van der Waals surface area contributed by atoms with E-state index in [4.69, 9.17) is 14.2 Å². The minimum atomic E-state index is -0.249. The van der Waals surface area contributed by atoms with Gasteiger partial charge in [0, 0.05) is 12.0 Å². The van der Waals surface area contributed by atoms with Gasteiger partial charge in [-0.1, -0.05) is 23.5 Å². The predicted molar refractivity (Wildman–Crippen MR) is 123 cm³/mol. The van der Waals surface area contributed by atoms with Crippen molar-refractivity contribution < 1.29 is 19.3 Å². The number of aromatic nitrogens is 1. The van der Waals surface area contributed by atoms with Crippen LogP contribution in [-0.4, -0.2) is 30.9 Å². The maximum absolute atomic E-state index is 11.3. The van der Waals surface area contributed by atoms with Crippen LogP contribution in [0.25, 0.3) is 0 Å². The fourth-order valence-electron chi connectivity index (χ4n) is 3.84. The van der Waals surface area contributed by atoms with Crippen LogP contribution in [0.2, 0.25) is 0 Å². The molecule has 1 heterocycles. The Morgan fingerprint density at radius 2 is 1.61 bits per heavy atom. The minimum Gasteiger partial charge on any atom is -0.496 e. The third kappa shape index (κ3) is 5.05. The Kier molecular flexibility index (Phi) is 7.28. The molecule has 0 atom stereocenters. The average Bonchev–Trinajstić information content (AvgIpc) is 3.07. The molecule has 1 aromatic heterocycles. The highest BCUT2D eigenvalue weighted by molar-refractivity contribution is 7.09. The highest BCUT2D eigenvalue weighted by Crippen LogP contribution is 2.38. The van der Waals surface area contributed by atoms with Gasteiger partial charge in [-0.05, 0) is 68.0 Å². The minimum absolute atomic E-state index is 0.0518. The number of hydrogen-bond donors (Lipinski definition) is 2. The number of rotatable bonds is 9. The predicted octanol–water partition coefficient (Wildman–Crippen LogP) is 4.69. The number of nitrogens with one attached hydrogen (secondary N) is 1. The smallest absolute Gasteiger partial charge is 0.307 e. The number of aromatic hydroxyl groups is 1. The molecule has 2 aromatic carbocycles. The van der Waals surface area contributed by atoms with Crippen molar-refractivity contribution in [3.05, 3.63) is 66.6 Å². The monoisotopic (exact) mass is 443 g/mol. The van der Waals surface area contributed by atoms with Gasteiger partial charge in [-0.3, -0.25) is 9.78 Å². The molecule has 0 unspecified atom stereocenters. The van der Waals surface area contributed by atoms with Crippen molar-refractivity contribution >= 4 is 11.3 Å². The van der Waals surface area contributed by atoms with Crippen molar-refractivity contribution in [2.75, 3.05) is 20.8 Å². The van der Waals surface area contributed by atoms with Crippen molar-refractivity contribution in [1.29, 1.82) is 0 Å². The number of benzene rings is 2. The first kappa shape index (κ1) is 22.7. The zero-order chi connectivity index (χ0) is 22.5. The summed E-state index contributed by atoms with van der Waals surface area (Å²) >= 11 is 1.03. The number of aromatic amines is 1. The van der Waals surface area contributed by atoms with E-state index in [9.17, 15) is 9.90 Å². The first-order valence-electron chi connectivity index (χ1n) is 10.2. The van der Waals surface area contributed by atoms with E-state index in [1.165, 1.54) is 0 Å². The first-order valence-corrected chi connectivity index (χ1v) is 11.0. The summed E-state index contributed by atoms with van der Waals surface area (Å²) in [5.41, 5.74) is 5.49. The highest BCUT2D eigenvalue weighted by Gasteiger charge is 2.18. The third-order valence-corrected chi connectivity index (χ3v) is 6.42. The van der Waals surface area contributed by atoms with Gasteiger partial charge in [-0.25, -0.2) is 0 Å². The maximum Gasteiger partial charge on any atom is 0.307 e. The SMILES string of the molecule is COc1c(C)c(C)c(OC)c(CCCOc2ccc(Cc3sc(=O)[nH]c3O)cc2)c1C. The van der Waals surface area contributed by atoms with Gasteiger partial charge in [0.2, 0.25) is 5.88 Å². The highest BCUT2D eigenvalue weighted by atomic mass is 32.1. The number of thiazole rings is 1. The number of H-pyrrole nitrogens is 1. The lowest BCUT2D eigenvalue weighted by Gasteiger charge is -2.20. The second-order valence-corrected chi connectivity index (χ2v) is 8.55. The molecule has 2 N–H and O–H groups in total. The molecule has 0 saturated carbocycles. The fourth-order valence-corrected chi connectivity index (χ4v) is 4.60. The summed E-state index contributed by atoms with van der Waals surface area (Å²) in [4.78, 5) is 14.1. The van der Waals surface area contributed by atoms with E-state index >= 15 is 0 Å². The lowest BCUT2D eigenvalue weighted by atomic mass is 9.94. The van der Waals surface area contributed by atoms with E-state index < -0.39 is 0 Å². The molecule has 0 saturated heterocycles. The van der Waals surface area contributed by atoms with Crippen LogP contribution in [0, 0.1) is 20.8 Å². The van der Waals surface area contributed by atoms with Gasteiger partial charge < -0.3 is 19.3 Å². The molecule has 166 valence electrons. The Hall–Kier alpha value is -2.93. The van der Waals surface area contributed by atoms with Gasteiger partial charge in [0.05, 0.1) is 25.7 Å². The van der Waals surface area contributed by atoms with Gasteiger partial charge in [0.25, 0.3) is 0 Å². The number of ether oxygens (including phenoxy) is 3. The second-order valence-electron chi connectivity index (χ2n) is 7.48. The maximum atomic E-state index is 11.3. The van der Waals surface area contributed by atoms with Crippen molar-refractivity contribution in [3.63, 3.8) is 0 Å². The van der Waals surface area contributed by atoms with E-state index in [0.717, 1.165) is 69.2 Å². The summed E-state index contributed by atoms with van der Waals surface area (Å²) in [5, 5.41) is 9.72. The molecule has 0 radical (unpaired) electrons. The molecule has 0 bridgehead atoms. The Morgan fingerprint density at radius 3 is 2.19 bits per heavy atom. The van der Waals surface area contributed by atoms with Gasteiger partial charge in [0.15, 0.2) is 0 Å². The van der Waals surface area contributed by atoms with Crippen LogP contribution in [0.15, 0.2) is 29.1 Å². The van der Waals surface area contributed by atoms with Crippen LogP contribution in [0.4, 0.5) is 0 Å². The van der Waals surface area contributed by atoms with Crippen molar-refractivity contribution in [3.8, 4) is 23.1 Å². The Balaban J connectivity index is 1.59. The quantitative estimate of drug-likeness (QED) is 0.469. The summed E-state index contributed by atoms with van der Waals surface area (Å²) in [6.07, 6.45) is 2.18.